The molecule has 84 valence electrons. The molecule has 0 spiro atoms. The Morgan fingerprint density at radius 2 is 2.06 bits per heavy atom. The maximum absolute atomic E-state index is 12.3. The molecule has 16 heavy (non-hydrogen) atoms. The Labute approximate surface area is 140 Å². The zero-order valence-electron chi connectivity index (χ0n) is 9.20. The third-order valence-electron chi connectivity index (χ3n) is 2.44. The van der Waals surface area contributed by atoms with Crippen LogP contribution in [-0.4, -0.2) is 24.4 Å². The van der Waals surface area contributed by atoms with E-state index in [1.54, 1.807) is 4.90 Å². The maximum atomic E-state index is 12.3. The molecule has 0 atom stereocenters. The van der Waals surface area contributed by atoms with E-state index in [0.717, 1.165) is 17.7 Å². The van der Waals surface area contributed by atoms with Crippen molar-refractivity contribution in [1.82, 2.24) is 4.90 Å². The first kappa shape index (κ1) is 15.2. The van der Waals surface area contributed by atoms with Crippen molar-refractivity contribution in [3.05, 3.63) is 22.4 Å². The second-order valence-corrected chi connectivity index (χ2v) is 4.98. The van der Waals surface area contributed by atoms with E-state index in [-0.39, 0.29) is 57.4 Å². The molecule has 1 aliphatic rings. The topological polar surface area (TPSA) is 3.24 Å². The van der Waals surface area contributed by atoms with Gasteiger partial charge in [0.2, 0.25) is 0 Å². The van der Waals surface area contributed by atoms with Gasteiger partial charge in [-0.3, -0.25) is 0 Å². The second kappa shape index (κ2) is 6.36. The van der Waals surface area contributed by atoms with Crippen LogP contribution in [0.3, 0.4) is 0 Å². The Morgan fingerprint density at radius 3 is 2.50 bits per heavy atom. The quantitative estimate of drug-likeness (QED) is 0.688. The van der Waals surface area contributed by atoms with Crippen LogP contribution in [0.25, 0.3) is 0 Å². The van der Waals surface area contributed by atoms with Gasteiger partial charge in [0.1, 0.15) is 0 Å². The van der Waals surface area contributed by atoms with Gasteiger partial charge in [-0.1, -0.05) is 6.07 Å². The van der Waals surface area contributed by atoms with E-state index < -0.39 is 13.4 Å². The average Bonchev–Trinajstić information content (AvgIpc) is 2.83. The first-order valence-corrected chi connectivity index (χ1v) is 5.90. The SMILES string of the molecule is F[B-](F)(F)CN(Cc1cccs1)C1CC1.[K+]. The number of thiophene rings is 1. The van der Waals surface area contributed by atoms with Crippen LogP contribution in [0.4, 0.5) is 12.9 Å². The molecule has 2 rings (SSSR count). The molecular weight excluding hydrogens is 261 g/mol. The van der Waals surface area contributed by atoms with E-state index in [0.29, 0.717) is 6.54 Å². The summed E-state index contributed by atoms with van der Waals surface area (Å²) in [4.78, 5) is 2.58. The molecule has 0 saturated heterocycles. The number of rotatable bonds is 5. The fourth-order valence-corrected chi connectivity index (χ4v) is 2.38. The monoisotopic (exact) mass is 273 g/mol. The Kier molecular flexibility index (Phi) is 6.04. The summed E-state index contributed by atoms with van der Waals surface area (Å²) in [6.07, 6.45) is 1.11. The third-order valence-corrected chi connectivity index (χ3v) is 3.30. The van der Waals surface area contributed by atoms with Crippen molar-refractivity contribution in [3.63, 3.8) is 0 Å². The molecule has 0 aliphatic heterocycles. The summed E-state index contributed by atoms with van der Waals surface area (Å²) in [5.74, 6) is 0. The van der Waals surface area contributed by atoms with Gasteiger partial charge in [0.15, 0.2) is 0 Å². The van der Waals surface area contributed by atoms with E-state index in [2.05, 4.69) is 0 Å². The van der Waals surface area contributed by atoms with Crippen LogP contribution in [0.5, 0.6) is 0 Å². The minimum Gasteiger partial charge on any atom is -0.448 e. The van der Waals surface area contributed by atoms with Crippen molar-refractivity contribution in [2.45, 2.75) is 25.4 Å². The van der Waals surface area contributed by atoms with Gasteiger partial charge in [-0.15, -0.1) is 11.3 Å². The molecule has 0 aromatic carbocycles. The molecule has 1 aromatic rings. The smallest absolute Gasteiger partial charge is 0.448 e. The van der Waals surface area contributed by atoms with Gasteiger partial charge < -0.3 is 17.8 Å². The van der Waals surface area contributed by atoms with Crippen molar-refractivity contribution < 1.29 is 64.3 Å². The van der Waals surface area contributed by atoms with Crippen LogP contribution in [0.15, 0.2) is 17.5 Å². The molecule has 0 bridgehead atoms. The molecule has 0 amide bonds. The van der Waals surface area contributed by atoms with Gasteiger partial charge in [-0.25, -0.2) is 0 Å². The zero-order chi connectivity index (χ0) is 10.9. The third kappa shape index (κ3) is 5.20. The van der Waals surface area contributed by atoms with Crippen LogP contribution in [-0.2, 0) is 6.54 Å². The normalized spacial score (nSPS) is 16.2. The van der Waals surface area contributed by atoms with Crippen molar-refractivity contribution in [1.29, 1.82) is 0 Å². The van der Waals surface area contributed by atoms with Crippen LogP contribution in [0.2, 0.25) is 0 Å². The summed E-state index contributed by atoms with van der Waals surface area (Å²) in [6, 6.07) is 3.93. The summed E-state index contributed by atoms with van der Waals surface area (Å²) in [6.45, 7) is -4.25. The molecule has 0 unspecified atom stereocenters. The Balaban J connectivity index is 0.00000128. The standard InChI is InChI=1S/C9H12BF3NS.K/c11-10(12,13)7-14(8-3-4-8)6-9-2-1-5-15-9;/h1-2,5,8H,3-4,6-7H2;/q-1;+1. The predicted octanol–water partition coefficient (Wildman–Crippen LogP) is 0.103. The van der Waals surface area contributed by atoms with Crippen LogP contribution >= 0.6 is 11.3 Å². The molecule has 1 fully saturated rings. The van der Waals surface area contributed by atoms with E-state index in [1.165, 1.54) is 11.3 Å². The molecule has 1 aromatic heterocycles. The van der Waals surface area contributed by atoms with Crippen molar-refractivity contribution in [2.75, 3.05) is 6.44 Å². The summed E-state index contributed by atoms with van der Waals surface area (Å²) in [5.41, 5.74) is 0. The average molecular weight is 273 g/mol. The van der Waals surface area contributed by atoms with E-state index in [1.807, 2.05) is 17.5 Å². The molecule has 1 heterocycles. The fraction of sp³-hybridized carbons (Fsp3) is 0.556. The molecule has 0 radical (unpaired) electrons. The minimum absolute atomic E-state index is 0. The van der Waals surface area contributed by atoms with E-state index in [9.17, 15) is 12.9 Å². The Morgan fingerprint density at radius 1 is 1.38 bits per heavy atom. The number of hydrogen-bond acceptors (Lipinski definition) is 2. The van der Waals surface area contributed by atoms with Crippen molar-refractivity contribution in [3.8, 4) is 0 Å². The molecule has 1 nitrogen and oxygen atoms in total. The Bertz CT molecular complexity index is 313. The largest absolute Gasteiger partial charge is 1.00 e. The van der Waals surface area contributed by atoms with Gasteiger partial charge in [0.25, 0.3) is 0 Å². The van der Waals surface area contributed by atoms with E-state index >= 15 is 0 Å². The van der Waals surface area contributed by atoms with Crippen LogP contribution < -0.4 is 51.4 Å². The maximum Gasteiger partial charge on any atom is 1.00 e. The van der Waals surface area contributed by atoms with Gasteiger partial charge in [-0.05, 0) is 30.7 Å². The number of nitrogens with zero attached hydrogens (tertiary/aromatic N) is 1. The van der Waals surface area contributed by atoms with Crippen molar-refractivity contribution >= 4 is 18.3 Å². The van der Waals surface area contributed by atoms with Crippen LogP contribution in [0.1, 0.15) is 17.7 Å². The predicted molar refractivity (Wildman–Crippen MR) is 56.8 cm³/mol. The summed E-state index contributed by atoms with van der Waals surface area (Å²) in [7, 11) is 0. The second-order valence-electron chi connectivity index (χ2n) is 3.95. The fourth-order valence-electron chi connectivity index (χ4n) is 1.65. The van der Waals surface area contributed by atoms with E-state index in [4.69, 9.17) is 0 Å². The minimum atomic E-state index is -4.70. The Hall–Kier alpha value is 1.15. The first-order chi connectivity index (χ1) is 7.04. The molecular formula is C9H12BF3KNS. The van der Waals surface area contributed by atoms with Gasteiger partial charge >= 0.3 is 58.4 Å². The zero-order valence-corrected chi connectivity index (χ0v) is 13.1. The number of hydrogen-bond donors (Lipinski definition) is 0. The van der Waals surface area contributed by atoms with Crippen molar-refractivity contribution in [2.24, 2.45) is 0 Å². The summed E-state index contributed by atoms with van der Waals surface area (Å²) < 4.78 is 37.0. The van der Waals surface area contributed by atoms with Gasteiger partial charge in [0, 0.05) is 17.5 Å². The molecule has 1 aliphatic carbocycles. The van der Waals surface area contributed by atoms with Gasteiger partial charge in [0.05, 0.1) is 0 Å². The molecule has 7 heteroatoms. The molecule has 0 N–H and O–H groups in total. The first-order valence-electron chi connectivity index (χ1n) is 5.02. The van der Waals surface area contributed by atoms with Crippen LogP contribution in [0, 0.1) is 0 Å². The summed E-state index contributed by atoms with van der Waals surface area (Å²) >= 11 is 1.52. The number of halogens is 3. The summed E-state index contributed by atoms with van der Waals surface area (Å²) in [5, 5.41) is 1.90. The molecule has 1 saturated carbocycles. The van der Waals surface area contributed by atoms with Gasteiger partial charge in [-0.2, -0.15) is 0 Å².